The molecule has 1 unspecified atom stereocenters. The van der Waals surface area contributed by atoms with E-state index in [0.717, 1.165) is 11.1 Å². The first-order chi connectivity index (χ1) is 6.77. The number of aryl methyl sites for hydroxylation is 1. The number of hydrogen-bond acceptors (Lipinski definition) is 3. The van der Waals surface area contributed by atoms with Gasteiger partial charge in [-0.2, -0.15) is 0 Å². The topological polar surface area (TPSA) is 46.3 Å². The predicted molar refractivity (Wildman–Crippen MR) is 51.7 cm³/mol. The Balaban J connectivity index is 2.32. The summed E-state index contributed by atoms with van der Waals surface area (Å²) in [5.74, 6) is 0. The number of aliphatic hydroxyl groups excluding tert-OH is 1. The number of pyridine rings is 1. The molecule has 0 aromatic carbocycles. The Labute approximate surface area is 82.0 Å². The fraction of sp³-hybridized carbons (Fsp3) is 0.182. The molecule has 0 spiro atoms. The summed E-state index contributed by atoms with van der Waals surface area (Å²) >= 11 is 0. The van der Waals surface area contributed by atoms with Gasteiger partial charge in [-0.05, 0) is 30.7 Å². The molecule has 0 saturated heterocycles. The van der Waals surface area contributed by atoms with Crippen molar-refractivity contribution in [2.24, 2.45) is 0 Å². The summed E-state index contributed by atoms with van der Waals surface area (Å²) in [7, 11) is 0. The van der Waals surface area contributed by atoms with E-state index in [4.69, 9.17) is 4.42 Å². The van der Waals surface area contributed by atoms with Crippen LogP contribution in [0.2, 0.25) is 0 Å². The molecule has 3 nitrogen and oxygen atoms in total. The van der Waals surface area contributed by atoms with E-state index in [0.29, 0.717) is 5.69 Å². The van der Waals surface area contributed by atoms with E-state index in [1.807, 2.05) is 19.1 Å². The highest BCUT2D eigenvalue weighted by molar-refractivity contribution is 5.24. The van der Waals surface area contributed by atoms with E-state index in [2.05, 4.69) is 4.98 Å². The summed E-state index contributed by atoms with van der Waals surface area (Å²) in [6, 6.07) is 5.48. The van der Waals surface area contributed by atoms with Crippen molar-refractivity contribution in [1.82, 2.24) is 4.98 Å². The maximum absolute atomic E-state index is 9.88. The predicted octanol–water partition coefficient (Wildman–Crippen LogP) is 2.06. The van der Waals surface area contributed by atoms with E-state index in [9.17, 15) is 5.11 Å². The Kier molecular flexibility index (Phi) is 2.33. The number of furan rings is 1. The lowest BCUT2D eigenvalue weighted by Gasteiger charge is -2.07. The summed E-state index contributed by atoms with van der Waals surface area (Å²) in [5.41, 5.74) is 2.45. The second-order valence-corrected chi connectivity index (χ2v) is 3.22. The monoisotopic (exact) mass is 189 g/mol. The van der Waals surface area contributed by atoms with Crippen LogP contribution in [0, 0.1) is 6.92 Å². The van der Waals surface area contributed by atoms with E-state index in [-0.39, 0.29) is 0 Å². The highest BCUT2D eigenvalue weighted by Crippen LogP contribution is 2.20. The molecule has 0 aliphatic rings. The Morgan fingerprint density at radius 2 is 2.29 bits per heavy atom. The molecule has 3 heteroatoms. The number of nitrogens with zero attached hydrogens (tertiary/aromatic N) is 1. The van der Waals surface area contributed by atoms with E-state index in [1.54, 1.807) is 12.3 Å². The van der Waals surface area contributed by atoms with Gasteiger partial charge in [0, 0.05) is 11.8 Å². The minimum absolute atomic E-state index is 0.645. The Morgan fingerprint density at radius 3 is 2.93 bits per heavy atom. The van der Waals surface area contributed by atoms with Gasteiger partial charge in [-0.25, -0.2) is 0 Å². The van der Waals surface area contributed by atoms with E-state index < -0.39 is 6.10 Å². The summed E-state index contributed by atoms with van der Waals surface area (Å²) < 4.78 is 4.90. The van der Waals surface area contributed by atoms with Crippen LogP contribution < -0.4 is 0 Å². The van der Waals surface area contributed by atoms with Crippen LogP contribution in [0.5, 0.6) is 0 Å². The average molecular weight is 189 g/mol. The number of rotatable bonds is 2. The zero-order valence-electron chi connectivity index (χ0n) is 7.84. The molecule has 1 N–H and O–H groups in total. The van der Waals surface area contributed by atoms with Crippen LogP contribution in [0.4, 0.5) is 0 Å². The normalized spacial score (nSPS) is 12.7. The van der Waals surface area contributed by atoms with Crippen LogP contribution in [0.1, 0.15) is 22.9 Å². The molecular formula is C11H11NO2. The summed E-state index contributed by atoms with van der Waals surface area (Å²) in [5, 5.41) is 9.88. The molecule has 0 amide bonds. The van der Waals surface area contributed by atoms with Gasteiger partial charge >= 0.3 is 0 Å². The van der Waals surface area contributed by atoms with Crippen LogP contribution in [0.3, 0.4) is 0 Å². The van der Waals surface area contributed by atoms with Gasteiger partial charge in [-0.1, -0.05) is 0 Å². The molecule has 2 rings (SSSR count). The van der Waals surface area contributed by atoms with E-state index in [1.165, 1.54) is 12.5 Å². The number of aliphatic hydroxyl groups is 1. The van der Waals surface area contributed by atoms with Crippen LogP contribution in [0.25, 0.3) is 0 Å². The van der Waals surface area contributed by atoms with Crippen molar-refractivity contribution in [3.63, 3.8) is 0 Å². The molecule has 0 aliphatic heterocycles. The fourth-order valence-electron chi connectivity index (χ4n) is 1.31. The molecule has 2 heterocycles. The second-order valence-electron chi connectivity index (χ2n) is 3.22. The first kappa shape index (κ1) is 8.97. The van der Waals surface area contributed by atoms with Gasteiger partial charge in [0.05, 0.1) is 18.2 Å². The third-order valence-corrected chi connectivity index (χ3v) is 2.08. The van der Waals surface area contributed by atoms with Crippen LogP contribution >= 0.6 is 0 Å². The van der Waals surface area contributed by atoms with Crippen LogP contribution in [0.15, 0.2) is 41.3 Å². The first-order valence-corrected chi connectivity index (χ1v) is 4.40. The zero-order valence-corrected chi connectivity index (χ0v) is 7.84. The van der Waals surface area contributed by atoms with Crippen molar-refractivity contribution < 1.29 is 9.52 Å². The number of aromatic nitrogens is 1. The van der Waals surface area contributed by atoms with Gasteiger partial charge in [0.25, 0.3) is 0 Å². The third-order valence-electron chi connectivity index (χ3n) is 2.08. The molecule has 1 atom stereocenters. The van der Waals surface area contributed by atoms with Gasteiger partial charge in [-0.3, -0.25) is 4.98 Å². The lowest BCUT2D eigenvalue weighted by atomic mass is 10.1. The molecule has 14 heavy (non-hydrogen) atoms. The Bertz CT molecular complexity index is 409. The van der Waals surface area contributed by atoms with Crippen molar-refractivity contribution >= 4 is 0 Å². The van der Waals surface area contributed by atoms with Crippen LogP contribution in [-0.2, 0) is 0 Å². The molecule has 0 bridgehead atoms. The van der Waals surface area contributed by atoms with Crippen LogP contribution in [-0.4, -0.2) is 10.1 Å². The van der Waals surface area contributed by atoms with Gasteiger partial charge in [-0.15, -0.1) is 0 Å². The summed E-state index contributed by atoms with van der Waals surface area (Å²) in [6.07, 6.45) is 4.05. The molecule has 0 saturated carbocycles. The molecule has 2 aromatic heterocycles. The molecule has 2 aromatic rings. The van der Waals surface area contributed by atoms with Crippen molar-refractivity contribution in [3.05, 3.63) is 53.7 Å². The smallest absolute Gasteiger partial charge is 0.124 e. The number of hydrogen-bond donors (Lipinski definition) is 1. The summed E-state index contributed by atoms with van der Waals surface area (Å²) in [6.45, 7) is 1.97. The van der Waals surface area contributed by atoms with Crippen molar-refractivity contribution in [2.45, 2.75) is 13.0 Å². The van der Waals surface area contributed by atoms with Crippen molar-refractivity contribution in [3.8, 4) is 0 Å². The molecule has 0 radical (unpaired) electrons. The quantitative estimate of drug-likeness (QED) is 0.786. The molecular weight excluding hydrogens is 178 g/mol. The standard InChI is InChI=1S/C11H11NO2/c1-8-2-4-12-10(6-8)11(13)9-3-5-14-7-9/h2-7,11,13H,1H3. The molecule has 72 valence electrons. The van der Waals surface area contributed by atoms with Crippen molar-refractivity contribution in [1.29, 1.82) is 0 Å². The fourth-order valence-corrected chi connectivity index (χ4v) is 1.31. The highest BCUT2D eigenvalue weighted by atomic mass is 16.3. The largest absolute Gasteiger partial charge is 0.472 e. The lowest BCUT2D eigenvalue weighted by molar-refractivity contribution is 0.214. The lowest BCUT2D eigenvalue weighted by Crippen LogP contribution is -2.00. The van der Waals surface area contributed by atoms with Gasteiger partial charge in [0.1, 0.15) is 6.10 Å². The zero-order chi connectivity index (χ0) is 9.97. The highest BCUT2D eigenvalue weighted by Gasteiger charge is 2.12. The minimum Gasteiger partial charge on any atom is -0.472 e. The van der Waals surface area contributed by atoms with E-state index >= 15 is 0 Å². The average Bonchev–Trinajstić information content (AvgIpc) is 2.69. The van der Waals surface area contributed by atoms with Gasteiger partial charge in [0.15, 0.2) is 0 Å². The summed E-state index contributed by atoms with van der Waals surface area (Å²) in [4.78, 5) is 4.10. The molecule has 0 aliphatic carbocycles. The maximum Gasteiger partial charge on any atom is 0.124 e. The third kappa shape index (κ3) is 1.67. The SMILES string of the molecule is Cc1ccnc(C(O)c2ccoc2)c1. The van der Waals surface area contributed by atoms with Crippen molar-refractivity contribution in [2.75, 3.05) is 0 Å². The van der Waals surface area contributed by atoms with Gasteiger partial charge < -0.3 is 9.52 Å². The Morgan fingerprint density at radius 1 is 1.43 bits per heavy atom. The molecule has 0 fully saturated rings. The maximum atomic E-state index is 9.88. The van der Waals surface area contributed by atoms with Gasteiger partial charge in [0.2, 0.25) is 0 Å². The first-order valence-electron chi connectivity index (χ1n) is 4.40. The minimum atomic E-state index is -0.700. The second kappa shape index (κ2) is 3.64. The Hall–Kier alpha value is -1.61.